The number of esters is 1. The van der Waals surface area contributed by atoms with E-state index >= 15 is 0 Å². The number of hydrogen-bond donors (Lipinski definition) is 0. The molecular weight excluding hydrogens is 362 g/mol. The molecule has 2 aliphatic rings. The number of rotatable bonds is 2. The van der Waals surface area contributed by atoms with Crippen LogP contribution >= 0.6 is 15.9 Å². The van der Waals surface area contributed by atoms with E-state index in [4.69, 9.17) is 14.2 Å². The van der Waals surface area contributed by atoms with Crippen molar-refractivity contribution in [3.8, 4) is 11.5 Å². The zero-order chi connectivity index (χ0) is 15.8. The first-order chi connectivity index (χ1) is 11.2. The first-order valence-electron chi connectivity index (χ1n) is 6.88. The Labute approximate surface area is 140 Å². The van der Waals surface area contributed by atoms with Gasteiger partial charge in [0, 0.05) is 10.0 Å². The lowest BCUT2D eigenvalue weighted by Gasteiger charge is -2.02. The van der Waals surface area contributed by atoms with Gasteiger partial charge in [-0.3, -0.25) is 0 Å². The molecule has 114 valence electrons. The number of aliphatic imine (C=N–C) groups is 1. The van der Waals surface area contributed by atoms with Crippen LogP contribution in [-0.2, 0) is 9.53 Å². The van der Waals surface area contributed by atoms with Crippen LogP contribution in [0.2, 0.25) is 0 Å². The maximum absolute atomic E-state index is 12.0. The third-order valence-electron chi connectivity index (χ3n) is 3.43. The molecule has 6 heteroatoms. The minimum atomic E-state index is -0.478. The SMILES string of the molecule is O=C1OC(c2ccccc2)=N/C1=C\c1cc2c(cc1Br)OCO2. The molecule has 2 aliphatic heterocycles. The Bertz CT molecular complexity index is 858. The van der Waals surface area contributed by atoms with E-state index in [9.17, 15) is 4.79 Å². The summed E-state index contributed by atoms with van der Waals surface area (Å²) in [6, 6.07) is 12.9. The summed E-state index contributed by atoms with van der Waals surface area (Å²) in [5.74, 6) is 1.13. The second kappa shape index (κ2) is 5.55. The maximum Gasteiger partial charge on any atom is 0.363 e. The standard InChI is InChI=1S/C17H10BrNO4/c18-12-8-15-14(21-9-22-15)7-11(12)6-13-17(20)23-16(19-13)10-4-2-1-3-5-10/h1-8H,9H2/b13-6-. The first-order valence-corrected chi connectivity index (χ1v) is 7.67. The van der Waals surface area contributed by atoms with Gasteiger partial charge in [0.25, 0.3) is 0 Å². The van der Waals surface area contributed by atoms with Crippen LogP contribution in [0.1, 0.15) is 11.1 Å². The van der Waals surface area contributed by atoms with Gasteiger partial charge >= 0.3 is 5.97 Å². The summed E-state index contributed by atoms with van der Waals surface area (Å²) < 4.78 is 16.7. The molecule has 0 saturated heterocycles. The monoisotopic (exact) mass is 371 g/mol. The number of carbonyl (C=O) groups excluding carboxylic acids is 1. The average Bonchev–Trinajstić information content (AvgIpc) is 3.15. The molecule has 2 aromatic carbocycles. The van der Waals surface area contributed by atoms with Gasteiger partial charge in [-0.2, -0.15) is 0 Å². The van der Waals surface area contributed by atoms with Crippen LogP contribution in [0, 0.1) is 0 Å². The lowest BCUT2D eigenvalue weighted by Crippen LogP contribution is -2.04. The van der Waals surface area contributed by atoms with Crippen LogP contribution in [-0.4, -0.2) is 18.7 Å². The quantitative estimate of drug-likeness (QED) is 0.598. The number of cyclic esters (lactones) is 1. The van der Waals surface area contributed by atoms with Gasteiger partial charge in [-0.15, -0.1) is 0 Å². The highest BCUT2D eigenvalue weighted by atomic mass is 79.9. The Kier molecular flexibility index (Phi) is 3.38. The minimum absolute atomic E-state index is 0.195. The van der Waals surface area contributed by atoms with E-state index < -0.39 is 5.97 Å². The summed E-state index contributed by atoms with van der Waals surface area (Å²) in [4.78, 5) is 16.3. The van der Waals surface area contributed by atoms with Gasteiger partial charge in [-0.25, -0.2) is 9.79 Å². The summed E-state index contributed by atoms with van der Waals surface area (Å²) in [6.07, 6.45) is 1.66. The molecule has 0 saturated carbocycles. The fraction of sp³-hybridized carbons (Fsp3) is 0.0588. The van der Waals surface area contributed by atoms with E-state index in [2.05, 4.69) is 20.9 Å². The van der Waals surface area contributed by atoms with Crippen LogP contribution in [0.3, 0.4) is 0 Å². The summed E-state index contributed by atoms with van der Waals surface area (Å²) in [6.45, 7) is 0.195. The van der Waals surface area contributed by atoms with Crippen molar-refractivity contribution < 1.29 is 19.0 Å². The Balaban J connectivity index is 1.71. The van der Waals surface area contributed by atoms with E-state index in [1.807, 2.05) is 30.3 Å². The molecule has 0 N–H and O–H groups in total. The molecule has 5 nitrogen and oxygen atoms in total. The van der Waals surface area contributed by atoms with Crippen molar-refractivity contribution in [3.05, 3.63) is 63.8 Å². The molecule has 0 radical (unpaired) electrons. The van der Waals surface area contributed by atoms with E-state index in [1.54, 1.807) is 18.2 Å². The van der Waals surface area contributed by atoms with Gasteiger partial charge in [0.2, 0.25) is 12.7 Å². The maximum atomic E-state index is 12.0. The van der Waals surface area contributed by atoms with Crippen molar-refractivity contribution in [1.82, 2.24) is 0 Å². The fourth-order valence-electron chi connectivity index (χ4n) is 2.30. The highest BCUT2D eigenvalue weighted by molar-refractivity contribution is 9.10. The van der Waals surface area contributed by atoms with Gasteiger partial charge in [0.15, 0.2) is 17.2 Å². The molecular formula is C17H10BrNO4. The molecule has 0 aromatic heterocycles. The molecule has 0 spiro atoms. The highest BCUT2D eigenvalue weighted by Crippen LogP contribution is 2.38. The minimum Gasteiger partial charge on any atom is -0.454 e. The molecule has 0 bridgehead atoms. The fourth-order valence-corrected chi connectivity index (χ4v) is 2.74. The predicted molar refractivity (Wildman–Crippen MR) is 87.3 cm³/mol. The van der Waals surface area contributed by atoms with Crippen molar-refractivity contribution in [1.29, 1.82) is 0 Å². The molecule has 0 fully saturated rings. The molecule has 0 aliphatic carbocycles. The number of carbonyl (C=O) groups is 1. The zero-order valence-corrected chi connectivity index (χ0v) is 13.4. The van der Waals surface area contributed by atoms with Gasteiger partial charge in [0.1, 0.15) is 0 Å². The van der Waals surface area contributed by atoms with Crippen molar-refractivity contribution in [2.24, 2.45) is 4.99 Å². The zero-order valence-electron chi connectivity index (χ0n) is 11.8. The Morgan fingerprint density at radius 2 is 1.83 bits per heavy atom. The van der Waals surface area contributed by atoms with Crippen LogP contribution in [0.5, 0.6) is 11.5 Å². The van der Waals surface area contributed by atoms with Crippen molar-refractivity contribution in [2.75, 3.05) is 6.79 Å². The Hall–Kier alpha value is -2.60. The van der Waals surface area contributed by atoms with Crippen molar-refractivity contribution in [3.63, 3.8) is 0 Å². The summed E-state index contributed by atoms with van der Waals surface area (Å²) in [7, 11) is 0. The molecule has 0 amide bonds. The largest absolute Gasteiger partial charge is 0.454 e. The summed E-state index contributed by atoms with van der Waals surface area (Å²) in [5.41, 5.74) is 1.76. The average molecular weight is 372 g/mol. The smallest absolute Gasteiger partial charge is 0.363 e. The van der Waals surface area contributed by atoms with Gasteiger partial charge in [-0.05, 0) is 35.9 Å². The van der Waals surface area contributed by atoms with Crippen molar-refractivity contribution in [2.45, 2.75) is 0 Å². The van der Waals surface area contributed by atoms with Crippen LogP contribution in [0.25, 0.3) is 6.08 Å². The van der Waals surface area contributed by atoms with E-state index in [-0.39, 0.29) is 12.5 Å². The third-order valence-corrected chi connectivity index (χ3v) is 4.11. The van der Waals surface area contributed by atoms with E-state index in [0.717, 1.165) is 15.6 Å². The number of hydrogen-bond acceptors (Lipinski definition) is 5. The molecule has 23 heavy (non-hydrogen) atoms. The predicted octanol–water partition coefficient (Wildman–Crippen LogP) is 3.52. The van der Waals surface area contributed by atoms with E-state index in [1.165, 1.54) is 0 Å². The van der Waals surface area contributed by atoms with Crippen LogP contribution in [0.4, 0.5) is 0 Å². The second-order valence-electron chi connectivity index (χ2n) is 4.93. The van der Waals surface area contributed by atoms with Gasteiger partial charge < -0.3 is 14.2 Å². The van der Waals surface area contributed by atoms with Crippen LogP contribution in [0.15, 0.2) is 57.6 Å². The summed E-state index contributed by atoms with van der Waals surface area (Å²) >= 11 is 3.46. The number of fused-ring (bicyclic) bond motifs is 1. The molecule has 0 unspecified atom stereocenters. The number of halogens is 1. The Morgan fingerprint density at radius 3 is 2.61 bits per heavy atom. The van der Waals surface area contributed by atoms with Gasteiger partial charge in [0.05, 0.1) is 0 Å². The normalized spacial score (nSPS) is 17.3. The van der Waals surface area contributed by atoms with Crippen LogP contribution < -0.4 is 9.47 Å². The number of benzene rings is 2. The lowest BCUT2D eigenvalue weighted by atomic mass is 10.1. The van der Waals surface area contributed by atoms with Gasteiger partial charge in [-0.1, -0.05) is 34.1 Å². The molecule has 2 aromatic rings. The highest BCUT2D eigenvalue weighted by Gasteiger charge is 2.25. The molecule has 2 heterocycles. The first kappa shape index (κ1) is 14.0. The van der Waals surface area contributed by atoms with E-state index in [0.29, 0.717) is 17.4 Å². The lowest BCUT2D eigenvalue weighted by molar-refractivity contribution is -0.129. The number of nitrogens with zero attached hydrogens (tertiary/aromatic N) is 1. The van der Waals surface area contributed by atoms with Crippen molar-refractivity contribution >= 4 is 33.9 Å². The molecule has 4 rings (SSSR count). The number of ether oxygens (including phenoxy) is 3. The third kappa shape index (κ3) is 2.61. The topological polar surface area (TPSA) is 57.1 Å². The second-order valence-corrected chi connectivity index (χ2v) is 5.78. The Morgan fingerprint density at radius 1 is 1.09 bits per heavy atom. The summed E-state index contributed by atoms with van der Waals surface area (Å²) in [5, 5.41) is 0. The molecule has 0 atom stereocenters.